The lowest BCUT2D eigenvalue weighted by Crippen LogP contribution is -2.63. The van der Waals surface area contributed by atoms with E-state index < -0.39 is 33.8 Å². The molecule has 2 unspecified atom stereocenters. The number of hydrogen-bond acceptors (Lipinski definition) is 4. The summed E-state index contributed by atoms with van der Waals surface area (Å²) in [5.74, 6) is -0.575. The first-order valence-electron chi connectivity index (χ1n) is 9.60. The minimum absolute atomic E-state index is 0.0234. The number of likely N-dealkylation sites (tertiary alicyclic amines) is 1. The molecule has 4 rings (SSSR count). The third-order valence-corrected chi connectivity index (χ3v) is 7.62. The first kappa shape index (κ1) is 21.9. The van der Waals surface area contributed by atoms with Crippen molar-refractivity contribution in [3.8, 4) is 0 Å². The van der Waals surface area contributed by atoms with Gasteiger partial charge in [-0.05, 0) is 42.5 Å². The molecule has 2 atom stereocenters. The van der Waals surface area contributed by atoms with Crippen LogP contribution >= 0.6 is 11.6 Å². The van der Waals surface area contributed by atoms with E-state index in [0.717, 1.165) is 28.6 Å². The van der Waals surface area contributed by atoms with E-state index in [0.29, 0.717) is 10.7 Å². The van der Waals surface area contributed by atoms with Gasteiger partial charge in [-0.3, -0.25) is 0 Å². The SMILES string of the molecule is O=C(Nc1cccc(Cl)c1)N1CCC2(OCCN2S(=O)(=O)c2ccc(F)cc2)C(F)C1. The maximum absolute atomic E-state index is 15.4. The van der Waals surface area contributed by atoms with Crippen LogP contribution in [0, 0.1) is 5.82 Å². The van der Waals surface area contributed by atoms with Gasteiger partial charge in [0.25, 0.3) is 0 Å². The average Bonchev–Trinajstić information content (AvgIpc) is 3.16. The Balaban J connectivity index is 1.51. The zero-order valence-corrected chi connectivity index (χ0v) is 17.9. The first-order chi connectivity index (χ1) is 14.7. The maximum atomic E-state index is 15.4. The van der Waals surface area contributed by atoms with Gasteiger partial charge in [0.05, 0.1) is 18.0 Å². The molecule has 31 heavy (non-hydrogen) atoms. The molecule has 0 aromatic heterocycles. The van der Waals surface area contributed by atoms with E-state index in [4.69, 9.17) is 16.3 Å². The van der Waals surface area contributed by atoms with E-state index in [-0.39, 0.29) is 37.6 Å². The number of anilines is 1. The molecule has 2 fully saturated rings. The topological polar surface area (TPSA) is 79.0 Å². The highest BCUT2D eigenvalue weighted by molar-refractivity contribution is 7.89. The fraction of sp³-hybridized carbons (Fsp3) is 0.350. The number of carbonyl (C=O) groups excluding carboxylic acids is 1. The van der Waals surface area contributed by atoms with Crippen LogP contribution in [-0.2, 0) is 14.8 Å². The molecule has 2 aromatic carbocycles. The lowest BCUT2D eigenvalue weighted by atomic mass is 9.99. The summed E-state index contributed by atoms with van der Waals surface area (Å²) >= 11 is 5.91. The van der Waals surface area contributed by atoms with Crippen molar-refractivity contribution in [1.29, 1.82) is 0 Å². The van der Waals surface area contributed by atoms with Gasteiger partial charge in [0.15, 0.2) is 11.9 Å². The van der Waals surface area contributed by atoms with Crippen LogP contribution in [0.3, 0.4) is 0 Å². The van der Waals surface area contributed by atoms with Crippen molar-refractivity contribution in [3.63, 3.8) is 0 Å². The van der Waals surface area contributed by atoms with Crippen LogP contribution in [0.25, 0.3) is 0 Å². The summed E-state index contributed by atoms with van der Waals surface area (Å²) in [7, 11) is -4.12. The third kappa shape index (κ3) is 4.12. The zero-order valence-electron chi connectivity index (χ0n) is 16.3. The van der Waals surface area contributed by atoms with Gasteiger partial charge in [-0.2, -0.15) is 4.31 Å². The molecule has 0 radical (unpaired) electrons. The minimum atomic E-state index is -4.12. The number of nitrogens with one attached hydrogen (secondary N) is 1. The van der Waals surface area contributed by atoms with Crippen LogP contribution in [0.5, 0.6) is 0 Å². The van der Waals surface area contributed by atoms with Crippen LogP contribution in [-0.4, -0.2) is 61.8 Å². The van der Waals surface area contributed by atoms with Gasteiger partial charge in [-0.15, -0.1) is 0 Å². The van der Waals surface area contributed by atoms with Gasteiger partial charge >= 0.3 is 6.03 Å². The predicted molar refractivity (Wildman–Crippen MR) is 111 cm³/mol. The number of carbonyl (C=O) groups is 1. The summed E-state index contributed by atoms with van der Waals surface area (Å²) in [6.07, 6.45) is -1.82. The van der Waals surface area contributed by atoms with E-state index in [9.17, 15) is 17.6 Å². The van der Waals surface area contributed by atoms with E-state index in [1.165, 1.54) is 4.90 Å². The van der Waals surface area contributed by atoms with Crippen molar-refractivity contribution in [2.24, 2.45) is 0 Å². The number of sulfonamides is 1. The number of ether oxygens (including phenoxy) is 1. The Hall–Kier alpha value is -2.27. The molecule has 1 spiro atoms. The second-order valence-corrected chi connectivity index (χ2v) is 9.63. The molecule has 166 valence electrons. The number of rotatable bonds is 3. The standard InChI is InChI=1S/C20H20ClF2N3O4S/c21-14-2-1-3-16(12-14)24-19(27)25-9-8-20(18(23)13-25)26(10-11-30-20)31(28,29)17-6-4-15(22)5-7-17/h1-7,12,18H,8-11,13H2,(H,24,27). The third-order valence-electron chi connectivity index (χ3n) is 5.44. The van der Waals surface area contributed by atoms with E-state index in [2.05, 4.69) is 5.32 Å². The van der Waals surface area contributed by atoms with Crippen molar-refractivity contribution >= 4 is 33.3 Å². The smallest absolute Gasteiger partial charge is 0.321 e. The number of hydrogen-bond donors (Lipinski definition) is 1. The van der Waals surface area contributed by atoms with Gasteiger partial charge in [-0.25, -0.2) is 22.0 Å². The summed E-state index contributed by atoms with van der Waals surface area (Å²) in [5, 5.41) is 3.10. The number of halogens is 3. The van der Waals surface area contributed by atoms with Gasteiger partial charge < -0.3 is 15.0 Å². The fourth-order valence-corrected chi connectivity index (χ4v) is 5.80. The van der Waals surface area contributed by atoms with Crippen LogP contribution in [0.4, 0.5) is 19.3 Å². The lowest BCUT2D eigenvalue weighted by molar-refractivity contribution is -0.134. The summed E-state index contributed by atoms with van der Waals surface area (Å²) in [6.45, 7) is -0.269. The maximum Gasteiger partial charge on any atom is 0.321 e. The Labute approximate surface area is 183 Å². The number of piperidine rings is 1. The molecule has 0 bridgehead atoms. The second-order valence-electron chi connectivity index (χ2n) is 7.33. The van der Waals surface area contributed by atoms with Crippen molar-refractivity contribution in [1.82, 2.24) is 9.21 Å². The van der Waals surface area contributed by atoms with Crippen molar-refractivity contribution < 1.29 is 26.7 Å². The molecule has 1 N–H and O–H groups in total. The molecule has 11 heteroatoms. The number of urea groups is 1. The Kier molecular flexibility index (Phi) is 5.91. The summed E-state index contributed by atoms with van der Waals surface area (Å²) in [5.41, 5.74) is -1.24. The summed E-state index contributed by atoms with van der Waals surface area (Å²) in [4.78, 5) is 13.7. The molecular weight excluding hydrogens is 452 g/mol. The summed E-state index contributed by atoms with van der Waals surface area (Å²) in [6, 6.07) is 10.4. The van der Waals surface area contributed by atoms with Crippen LogP contribution in [0.1, 0.15) is 6.42 Å². The predicted octanol–water partition coefficient (Wildman–Crippen LogP) is 3.47. The molecule has 0 saturated carbocycles. The Morgan fingerprint density at radius 1 is 1.19 bits per heavy atom. The molecule has 2 saturated heterocycles. The average molecular weight is 472 g/mol. The van der Waals surface area contributed by atoms with E-state index in [1.54, 1.807) is 24.3 Å². The van der Waals surface area contributed by atoms with Gasteiger partial charge in [0.2, 0.25) is 10.0 Å². The van der Waals surface area contributed by atoms with Crippen molar-refractivity contribution in [3.05, 3.63) is 59.4 Å². The Bertz CT molecular complexity index is 1090. The van der Waals surface area contributed by atoms with Gasteiger partial charge in [0, 0.05) is 30.2 Å². The molecule has 0 aliphatic carbocycles. The fourth-order valence-electron chi connectivity index (χ4n) is 3.90. The van der Waals surface area contributed by atoms with Gasteiger partial charge in [-0.1, -0.05) is 17.7 Å². The minimum Gasteiger partial charge on any atom is -0.355 e. The molecule has 2 amide bonds. The van der Waals surface area contributed by atoms with Crippen molar-refractivity contribution in [2.45, 2.75) is 23.2 Å². The number of benzene rings is 2. The zero-order chi connectivity index (χ0) is 22.2. The normalized spacial score (nSPS) is 24.5. The second kappa shape index (κ2) is 8.34. The molecule has 2 aliphatic heterocycles. The number of amides is 2. The van der Waals surface area contributed by atoms with Crippen molar-refractivity contribution in [2.75, 3.05) is 31.6 Å². The molecule has 2 aliphatic rings. The first-order valence-corrected chi connectivity index (χ1v) is 11.4. The number of nitrogens with zero attached hydrogens (tertiary/aromatic N) is 2. The molecule has 2 aromatic rings. The van der Waals surface area contributed by atoms with Gasteiger partial charge in [0.1, 0.15) is 5.82 Å². The highest BCUT2D eigenvalue weighted by Crippen LogP contribution is 2.40. The largest absolute Gasteiger partial charge is 0.355 e. The van der Waals surface area contributed by atoms with Crippen LogP contribution < -0.4 is 5.32 Å². The quantitative estimate of drug-likeness (QED) is 0.743. The Morgan fingerprint density at radius 3 is 2.61 bits per heavy atom. The van der Waals surface area contributed by atoms with Crippen LogP contribution in [0.2, 0.25) is 5.02 Å². The van der Waals surface area contributed by atoms with E-state index >= 15 is 4.39 Å². The summed E-state index contributed by atoms with van der Waals surface area (Å²) < 4.78 is 61.4. The number of alkyl halides is 1. The van der Waals surface area contributed by atoms with Crippen LogP contribution in [0.15, 0.2) is 53.4 Å². The highest BCUT2D eigenvalue weighted by atomic mass is 35.5. The van der Waals surface area contributed by atoms with E-state index in [1.807, 2.05) is 0 Å². The molecular formula is C20H20ClF2N3O4S. The molecule has 7 nitrogen and oxygen atoms in total. The lowest BCUT2D eigenvalue weighted by Gasteiger charge is -2.44. The Morgan fingerprint density at radius 2 is 1.94 bits per heavy atom. The molecule has 2 heterocycles. The highest BCUT2D eigenvalue weighted by Gasteiger charge is 2.57. The monoisotopic (exact) mass is 471 g/mol.